The summed E-state index contributed by atoms with van der Waals surface area (Å²) in [5, 5.41) is 56.2. The molecule has 22 nitrogen and oxygen atoms in total. The molecule has 5 rings (SSSR count). The van der Waals surface area contributed by atoms with Crippen LogP contribution in [0.1, 0.15) is 99.1 Å². The SMILES string of the molecule is C/C=C/C[C@@H]1NC(=O)[C@H](CC(C)C)NC(=O)[C@H](C[C@@H](C)C(=O)O)N(C)C(=O)[C@H](C)NC(=O)[C@H](Cc2ccc([O-])c(N(O)O)c2)NC(=O)[C@H](CC(C)C)N(C)C(=O)[C@H](Cc2cn(C(C)(C)[C@@H]3CO3)c3ccccc23)NC1=O. The monoisotopic (exact) mass is 1060 g/mol. The number of carboxylic acids is 1. The third-order valence-corrected chi connectivity index (χ3v) is 14.1. The van der Waals surface area contributed by atoms with Crippen molar-refractivity contribution in [3.8, 4) is 5.75 Å². The molecular weight excluding hydrogens is 983 g/mol. The number of ether oxygens (including phenoxy) is 1. The van der Waals surface area contributed by atoms with E-state index in [0.717, 1.165) is 27.9 Å². The molecular formula is C54H76N9O13-. The summed E-state index contributed by atoms with van der Waals surface area (Å²) < 4.78 is 7.81. The summed E-state index contributed by atoms with van der Waals surface area (Å²) in [6.45, 7) is 16.3. The number of nitrogens with zero attached hydrogens (tertiary/aromatic N) is 4. The van der Waals surface area contributed by atoms with E-state index < -0.39 is 119 Å². The first-order valence-corrected chi connectivity index (χ1v) is 25.7. The maximum absolute atomic E-state index is 15.3. The Bertz CT molecular complexity index is 2640. The number of fused-ring (bicyclic) bond motifs is 1. The van der Waals surface area contributed by atoms with Crippen LogP contribution in [0.3, 0.4) is 0 Å². The van der Waals surface area contributed by atoms with Gasteiger partial charge in [-0.3, -0.25) is 48.8 Å². The van der Waals surface area contributed by atoms with Crippen molar-refractivity contribution in [1.29, 1.82) is 0 Å². The Morgan fingerprint density at radius 2 is 1.32 bits per heavy atom. The Labute approximate surface area is 443 Å². The van der Waals surface area contributed by atoms with Crippen molar-refractivity contribution in [2.24, 2.45) is 17.8 Å². The number of hydrogen-bond acceptors (Lipinski definition) is 13. The first-order chi connectivity index (χ1) is 35.7. The minimum absolute atomic E-state index is 0.0467. The number of carbonyl (C=O) groups excluding carboxylic acids is 7. The predicted molar refractivity (Wildman–Crippen MR) is 279 cm³/mol. The van der Waals surface area contributed by atoms with Gasteiger partial charge in [-0.1, -0.05) is 82.9 Å². The summed E-state index contributed by atoms with van der Waals surface area (Å²) in [5.74, 6) is -9.43. The highest BCUT2D eigenvalue weighted by molar-refractivity contribution is 5.99. The highest BCUT2D eigenvalue weighted by atomic mass is 16.8. The Morgan fingerprint density at radius 1 is 0.763 bits per heavy atom. The minimum atomic E-state index is -1.57. The number of amides is 7. The molecule has 2 saturated heterocycles. The highest BCUT2D eigenvalue weighted by Gasteiger charge is 2.43. The van der Waals surface area contributed by atoms with Gasteiger partial charge in [0, 0.05) is 44.0 Å². The molecule has 2 aliphatic rings. The molecule has 3 heterocycles. The fraction of sp³-hybridized carbons (Fsp3) is 0.556. The fourth-order valence-electron chi connectivity index (χ4n) is 9.50. The largest absolute Gasteiger partial charge is 0.871 e. The zero-order chi connectivity index (χ0) is 56.5. The zero-order valence-electron chi connectivity index (χ0n) is 45.3. The van der Waals surface area contributed by atoms with Crippen LogP contribution in [0, 0.1) is 17.8 Å². The van der Waals surface area contributed by atoms with Crippen LogP contribution in [0.15, 0.2) is 60.8 Å². The quantitative estimate of drug-likeness (QED) is 0.0581. The lowest BCUT2D eigenvalue weighted by Gasteiger charge is -2.33. The van der Waals surface area contributed by atoms with Crippen molar-refractivity contribution in [2.45, 2.75) is 155 Å². The van der Waals surface area contributed by atoms with Crippen LogP contribution < -0.4 is 36.9 Å². The molecule has 0 radical (unpaired) electrons. The molecule has 22 heteroatoms. The van der Waals surface area contributed by atoms with E-state index in [0.29, 0.717) is 12.2 Å². The lowest BCUT2D eigenvalue weighted by Crippen LogP contribution is -2.60. The molecule has 8 N–H and O–H groups in total. The number of para-hydroxylation sites is 1. The molecule has 2 aromatic carbocycles. The van der Waals surface area contributed by atoms with Crippen molar-refractivity contribution < 1.29 is 63.7 Å². The van der Waals surface area contributed by atoms with Crippen LogP contribution >= 0.6 is 0 Å². The Hall–Kier alpha value is -7.04. The van der Waals surface area contributed by atoms with E-state index in [1.54, 1.807) is 32.9 Å². The number of benzene rings is 2. The predicted octanol–water partition coefficient (Wildman–Crippen LogP) is 2.50. The van der Waals surface area contributed by atoms with Crippen molar-refractivity contribution in [3.05, 3.63) is 71.9 Å². The van der Waals surface area contributed by atoms with Crippen molar-refractivity contribution in [1.82, 2.24) is 41.0 Å². The molecule has 0 aliphatic carbocycles. The van der Waals surface area contributed by atoms with Gasteiger partial charge in [0.15, 0.2) is 0 Å². The molecule has 0 unspecified atom stereocenters. The summed E-state index contributed by atoms with van der Waals surface area (Å²) in [6.07, 6.45) is 4.30. The lowest BCUT2D eigenvalue weighted by molar-refractivity contribution is -0.268. The fourth-order valence-corrected chi connectivity index (χ4v) is 9.50. The van der Waals surface area contributed by atoms with Crippen molar-refractivity contribution in [2.75, 3.05) is 25.9 Å². The van der Waals surface area contributed by atoms with E-state index >= 15 is 4.79 Å². The number of hydrogen-bond donors (Lipinski definition) is 8. The Morgan fingerprint density at radius 3 is 1.91 bits per heavy atom. The van der Waals surface area contributed by atoms with E-state index in [4.69, 9.17) is 4.74 Å². The standard InChI is InChI=1S/C54H77N9O13/c1-12-13-17-36-46(65)59-39(26-34-27-62(54(8,9)45-28-76-45)40-18-15-14-16-35(34)40)52(71)61(11)42(22-30(4)5)49(68)58-38(24-33-19-20-44(64)41(25-33)63(74)75)47(66)55-32(7)51(70)60(10)43(23-31(6)53(72)73)50(69)57-37(21-29(2)3)48(67)56-36/h12-16,18-20,25,27,29-32,36-39,42-43,45,64,74-75H,17,21-24,26,28H2,1-11H3,(H,55,66)(H,56,67)(H,57,69)(H,58,68)(H,59,65)(H,72,73)/p-1/b13-12+/t31-,32+,36+,37+,38+,39+,42+,43+,45+/m1/s1. The van der Waals surface area contributed by atoms with E-state index in [-0.39, 0.29) is 60.8 Å². The Balaban J connectivity index is 1.69. The molecule has 0 bridgehead atoms. The summed E-state index contributed by atoms with van der Waals surface area (Å²) in [7, 11) is 2.65. The molecule has 0 saturated carbocycles. The number of likely N-dealkylation sites (N-methyl/N-ethyl adjacent to an activating group) is 2. The molecule has 9 atom stereocenters. The number of carboxylic acid groups (broad SMARTS) is 1. The van der Waals surface area contributed by atoms with Gasteiger partial charge in [-0.25, -0.2) is 0 Å². The first kappa shape index (κ1) is 59.8. The van der Waals surface area contributed by atoms with Crippen molar-refractivity contribution in [3.63, 3.8) is 0 Å². The number of rotatable bonds is 16. The van der Waals surface area contributed by atoms with Crippen molar-refractivity contribution >= 4 is 63.9 Å². The molecule has 2 aliphatic heterocycles. The minimum Gasteiger partial charge on any atom is -0.871 e. The van der Waals surface area contributed by atoms with E-state index in [1.807, 2.05) is 58.2 Å². The smallest absolute Gasteiger partial charge is 0.306 e. The second-order valence-electron chi connectivity index (χ2n) is 21.5. The Kier molecular flexibility index (Phi) is 20.2. The van der Waals surface area contributed by atoms with Crippen LogP contribution in [-0.2, 0) is 61.5 Å². The topological polar surface area (TPSA) is 308 Å². The summed E-state index contributed by atoms with van der Waals surface area (Å²) >= 11 is 0. The molecule has 0 spiro atoms. The third kappa shape index (κ3) is 14.9. The van der Waals surface area contributed by atoms with Gasteiger partial charge in [-0.2, -0.15) is 0 Å². The average Bonchev–Trinajstić information content (AvgIpc) is 4.16. The van der Waals surface area contributed by atoms with E-state index in [1.165, 1.54) is 38.9 Å². The number of epoxide rings is 1. The van der Waals surface area contributed by atoms with Gasteiger partial charge in [0.2, 0.25) is 41.4 Å². The van der Waals surface area contributed by atoms with Crippen LogP contribution in [0.2, 0.25) is 0 Å². The second-order valence-corrected chi connectivity index (χ2v) is 21.5. The number of nitrogens with one attached hydrogen (secondary N) is 5. The summed E-state index contributed by atoms with van der Waals surface area (Å²) in [5.41, 5.74) is 0.591. The van der Waals surface area contributed by atoms with Gasteiger partial charge in [0.05, 0.1) is 23.8 Å². The molecule has 7 amide bonds. The van der Waals surface area contributed by atoms with Gasteiger partial charge in [0.1, 0.15) is 48.4 Å². The van der Waals surface area contributed by atoms with Crippen LogP contribution in [-0.4, -0.2) is 146 Å². The van der Waals surface area contributed by atoms with E-state index in [2.05, 4.69) is 31.2 Å². The molecule has 1 aromatic heterocycles. The summed E-state index contributed by atoms with van der Waals surface area (Å²) in [4.78, 5) is 117. The number of aromatic nitrogens is 1. The average molecular weight is 1060 g/mol. The number of aliphatic carboxylic acids is 1. The number of carbonyl (C=O) groups is 8. The first-order valence-electron chi connectivity index (χ1n) is 25.7. The molecule has 2 fully saturated rings. The van der Waals surface area contributed by atoms with Gasteiger partial charge < -0.3 is 55.9 Å². The van der Waals surface area contributed by atoms with Gasteiger partial charge >= 0.3 is 5.97 Å². The van der Waals surface area contributed by atoms with Gasteiger partial charge in [-0.05, 0) is 88.5 Å². The number of anilines is 1. The normalized spacial score (nSPS) is 24.5. The van der Waals surface area contributed by atoms with Gasteiger partial charge in [0.25, 0.3) is 0 Å². The van der Waals surface area contributed by atoms with Gasteiger partial charge in [-0.15, -0.1) is 5.23 Å². The third-order valence-electron chi connectivity index (χ3n) is 14.1. The van der Waals surface area contributed by atoms with Crippen LogP contribution in [0.5, 0.6) is 5.75 Å². The maximum Gasteiger partial charge on any atom is 0.306 e. The lowest BCUT2D eigenvalue weighted by atomic mass is 9.97. The summed E-state index contributed by atoms with van der Waals surface area (Å²) in [6, 6.07) is 1.19. The molecule has 76 heavy (non-hydrogen) atoms. The van der Waals surface area contributed by atoms with E-state index in [9.17, 15) is 54.2 Å². The zero-order valence-corrected chi connectivity index (χ0v) is 45.3. The maximum atomic E-state index is 15.3. The van der Waals surface area contributed by atoms with Crippen LogP contribution in [0.4, 0.5) is 5.69 Å². The molecule has 3 aromatic rings. The number of allylic oxidation sites excluding steroid dienone is 1. The second kappa shape index (κ2) is 25.7. The molecule has 416 valence electrons. The highest BCUT2D eigenvalue weighted by Crippen LogP contribution is 2.36. The van der Waals surface area contributed by atoms with Crippen LogP contribution in [0.25, 0.3) is 10.9 Å².